The number of carbonyl (C=O) groups is 2. The Morgan fingerprint density at radius 1 is 0.960 bits per heavy atom. The summed E-state index contributed by atoms with van der Waals surface area (Å²) in [6.45, 7) is 2.49. The largest absolute Gasteiger partial charge is 0.427 e. The summed E-state index contributed by atoms with van der Waals surface area (Å²) < 4.78 is 15.3. The summed E-state index contributed by atoms with van der Waals surface area (Å²) in [7, 11) is 0. The van der Waals surface area contributed by atoms with E-state index >= 15 is 0 Å². The summed E-state index contributed by atoms with van der Waals surface area (Å²) in [5, 5.41) is 0.350. The van der Waals surface area contributed by atoms with E-state index in [1.165, 1.54) is 32.0 Å². The Hall–Kier alpha value is -3.48. The first-order valence-electron chi connectivity index (χ1n) is 7.34. The number of para-hydroxylation sites is 1. The smallest absolute Gasteiger partial charge is 0.347 e. The second-order valence-corrected chi connectivity index (χ2v) is 5.20. The predicted molar refractivity (Wildman–Crippen MR) is 88.3 cm³/mol. The molecule has 0 saturated carbocycles. The third-order valence-electron chi connectivity index (χ3n) is 3.19. The Bertz CT molecular complexity index is 1000. The van der Waals surface area contributed by atoms with Crippen molar-refractivity contribution in [3.8, 4) is 23.0 Å². The lowest BCUT2D eigenvalue weighted by Crippen LogP contribution is -2.06. The van der Waals surface area contributed by atoms with Gasteiger partial charge in [0.05, 0.1) is 10.9 Å². The van der Waals surface area contributed by atoms with E-state index < -0.39 is 17.6 Å². The lowest BCUT2D eigenvalue weighted by atomic mass is 10.2. The van der Waals surface area contributed by atoms with E-state index in [1.807, 2.05) is 0 Å². The molecule has 0 aliphatic heterocycles. The second-order valence-electron chi connectivity index (χ2n) is 5.20. The zero-order chi connectivity index (χ0) is 18.0. The van der Waals surface area contributed by atoms with Gasteiger partial charge in [0.15, 0.2) is 0 Å². The van der Waals surface area contributed by atoms with Gasteiger partial charge in [0.25, 0.3) is 0 Å². The second kappa shape index (κ2) is 6.56. The topological polar surface area (TPSA) is 95.7 Å². The van der Waals surface area contributed by atoms with Gasteiger partial charge in [-0.2, -0.15) is 0 Å². The molecular weight excluding hydrogens is 326 g/mol. The molecule has 0 spiro atoms. The van der Waals surface area contributed by atoms with Gasteiger partial charge in [-0.25, -0.2) is 9.78 Å². The van der Waals surface area contributed by atoms with Crippen LogP contribution in [0.2, 0.25) is 0 Å². The van der Waals surface area contributed by atoms with Crippen molar-refractivity contribution < 1.29 is 23.5 Å². The number of hydrogen-bond donors (Lipinski definition) is 0. The molecule has 2 aromatic carbocycles. The van der Waals surface area contributed by atoms with Crippen LogP contribution in [0.5, 0.6) is 11.5 Å². The maximum absolute atomic E-state index is 12.1. The van der Waals surface area contributed by atoms with E-state index in [1.54, 1.807) is 24.3 Å². The normalized spacial score (nSPS) is 10.5. The molecule has 7 heteroatoms. The number of rotatable bonds is 3. The Kier molecular flexibility index (Phi) is 4.30. The van der Waals surface area contributed by atoms with Crippen molar-refractivity contribution in [1.82, 2.24) is 4.98 Å². The molecule has 0 radical (unpaired) electrons. The number of ether oxygens (including phenoxy) is 2. The number of esters is 2. The van der Waals surface area contributed by atoms with Gasteiger partial charge in [0.1, 0.15) is 11.5 Å². The van der Waals surface area contributed by atoms with Gasteiger partial charge in [-0.15, -0.1) is 0 Å². The summed E-state index contributed by atoms with van der Waals surface area (Å²) >= 11 is 0. The monoisotopic (exact) mass is 339 g/mol. The van der Waals surface area contributed by atoms with Gasteiger partial charge < -0.3 is 13.9 Å². The first kappa shape index (κ1) is 16.4. The van der Waals surface area contributed by atoms with Gasteiger partial charge in [-0.05, 0) is 24.3 Å². The van der Waals surface area contributed by atoms with Gasteiger partial charge >= 0.3 is 17.6 Å². The average Bonchev–Trinajstić information content (AvgIpc) is 2.53. The maximum atomic E-state index is 12.1. The SMILES string of the molecule is CC(=O)Oc1cc(OC(C)=O)cc(-c2nc3ccccc3c(=O)o2)c1. The van der Waals surface area contributed by atoms with Crippen molar-refractivity contribution in [1.29, 1.82) is 0 Å². The van der Waals surface area contributed by atoms with E-state index in [2.05, 4.69) is 4.98 Å². The molecule has 3 aromatic rings. The van der Waals surface area contributed by atoms with Gasteiger partial charge in [0, 0.05) is 25.5 Å². The fourth-order valence-electron chi connectivity index (χ4n) is 2.29. The van der Waals surface area contributed by atoms with Crippen molar-refractivity contribution >= 4 is 22.8 Å². The molecule has 0 saturated heterocycles. The molecule has 0 atom stereocenters. The summed E-state index contributed by atoms with van der Waals surface area (Å²) in [4.78, 5) is 38.8. The van der Waals surface area contributed by atoms with E-state index in [9.17, 15) is 14.4 Å². The molecule has 1 aromatic heterocycles. The molecule has 0 unspecified atom stereocenters. The van der Waals surface area contributed by atoms with E-state index in [-0.39, 0.29) is 17.4 Å². The van der Waals surface area contributed by atoms with Crippen LogP contribution in [0.3, 0.4) is 0 Å². The number of hydrogen-bond acceptors (Lipinski definition) is 7. The predicted octanol–water partition coefficient (Wildman–Crippen LogP) is 2.71. The highest BCUT2D eigenvalue weighted by Gasteiger charge is 2.13. The van der Waals surface area contributed by atoms with Crippen LogP contribution < -0.4 is 15.1 Å². The summed E-state index contributed by atoms with van der Waals surface area (Å²) in [5.74, 6) is -0.790. The van der Waals surface area contributed by atoms with Crippen molar-refractivity contribution in [3.63, 3.8) is 0 Å². The van der Waals surface area contributed by atoms with Crippen LogP contribution in [0.15, 0.2) is 51.7 Å². The van der Waals surface area contributed by atoms with Crippen molar-refractivity contribution in [2.75, 3.05) is 0 Å². The summed E-state index contributed by atoms with van der Waals surface area (Å²) in [6.07, 6.45) is 0. The fourth-order valence-corrected chi connectivity index (χ4v) is 2.29. The molecule has 0 fully saturated rings. The average molecular weight is 339 g/mol. The van der Waals surface area contributed by atoms with Crippen LogP contribution in [-0.4, -0.2) is 16.9 Å². The number of nitrogens with zero attached hydrogens (tertiary/aromatic N) is 1. The van der Waals surface area contributed by atoms with Gasteiger partial charge in [-0.1, -0.05) is 12.1 Å². The molecule has 0 bridgehead atoms. The summed E-state index contributed by atoms with van der Waals surface area (Å²) in [5.41, 5.74) is 0.242. The number of aromatic nitrogens is 1. The standard InChI is InChI=1S/C18H13NO6/c1-10(20)23-13-7-12(8-14(9-13)24-11(2)21)17-19-16-6-4-3-5-15(16)18(22)25-17/h3-9H,1-2H3. The Balaban J connectivity index is 2.16. The van der Waals surface area contributed by atoms with Gasteiger partial charge in [0.2, 0.25) is 5.89 Å². The highest BCUT2D eigenvalue weighted by molar-refractivity contribution is 5.79. The van der Waals surface area contributed by atoms with E-state index in [0.29, 0.717) is 16.5 Å². The maximum Gasteiger partial charge on any atom is 0.347 e. The third kappa shape index (κ3) is 3.72. The fraction of sp³-hybridized carbons (Fsp3) is 0.111. The quantitative estimate of drug-likeness (QED) is 0.534. The first-order chi connectivity index (χ1) is 11.9. The minimum Gasteiger partial charge on any atom is -0.427 e. The first-order valence-corrected chi connectivity index (χ1v) is 7.34. The Morgan fingerprint density at radius 3 is 2.16 bits per heavy atom. The van der Waals surface area contributed by atoms with Crippen molar-refractivity contribution in [2.24, 2.45) is 0 Å². The molecule has 3 rings (SSSR count). The lowest BCUT2D eigenvalue weighted by Gasteiger charge is -2.08. The molecule has 1 heterocycles. The number of carbonyl (C=O) groups excluding carboxylic acids is 2. The number of fused-ring (bicyclic) bond motifs is 1. The molecule has 126 valence electrons. The minimum atomic E-state index is -0.549. The van der Waals surface area contributed by atoms with E-state index in [0.717, 1.165) is 0 Å². The van der Waals surface area contributed by atoms with Crippen LogP contribution in [0.1, 0.15) is 13.8 Å². The van der Waals surface area contributed by atoms with Crippen LogP contribution in [0, 0.1) is 0 Å². The third-order valence-corrected chi connectivity index (χ3v) is 3.19. The molecule has 7 nitrogen and oxygen atoms in total. The lowest BCUT2D eigenvalue weighted by molar-refractivity contribution is -0.132. The molecule has 0 aliphatic carbocycles. The minimum absolute atomic E-state index is 0.0195. The Labute approximate surface area is 141 Å². The molecule has 0 amide bonds. The molecular formula is C18H13NO6. The molecule has 0 aliphatic rings. The number of benzene rings is 2. The molecule has 0 N–H and O–H groups in total. The van der Waals surface area contributed by atoms with Gasteiger partial charge in [-0.3, -0.25) is 9.59 Å². The van der Waals surface area contributed by atoms with Crippen LogP contribution >= 0.6 is 0 Å². The highest BCUT2D eigenvalue weighted by atomic mass is 16.5. The molecule has 25 heavy (non-hydrogen) atoms. The van der Waals surface area contributed by atoms with Crippen molar-refractivity contribution in [3.05, 3.63) is 52.9 Å². The van der Waals surface area contributed by atoms with Crippen LogP contribution in [0.4, 0.5) is 0 Å². The van der Waals surface area contributed by atoms with E-state index in [4.69, 9.17) is 13.9 Å². The zero-order valence-corrected chi connectivity index (χ0v) is 13.4. The van der Waals surface area contributed by atoms with Crippen LogP contribution in [-0.2, 0) is 9.59 Å². The zero-order valence-electron chi connectivity index (χ0n) is 13.4. The summed E-state index contributed by atoms with van der Waals surface area (Å²) in [6, 6.07) is 11.1. The van der Waals surface area contributed by atoms with Crippen LogP contribution in [0.25, 0.3) is 22.4 Å². The Morgan fingerprint density at radius 2 is 1.56 bits per heavy atom. The van der Waals surface area contributed by atoms with Crippen molar-refractivity contribution in [2.45, 2.75) is 13.8 Å². The highest BCUT2D eigenvalue weighted by Crippen LogP contribution is 2.29.